The molecular formula is C16H24N6S2. The minimum atomic E-state index is 0.738. The SMILES string of the molecule is CCNC(=NCc1ccsc1)N1CCN(c2nc(CC)ns2)CC1. The van der Waals surface area contributed by atoms with Crippen LogP contribution in [-0.2, 0) is 13.0 Å². The maximum absolute atomic E-state index is 4.79. The zero-order chi connectivity index (χ0) is 16.8. The number of hydrogen-bond acceptors (Lipinski definition) is 6. The van der Waals surface area contributed by atoms with Gasteiger partial charge in [0.2, 0.25) is 5.13 Å². The van der Waals surface area contributed by atoms with E-state index < -0.39 is 0 Å². The molecule has 6 nitrogen and oxygen atoms in total. The largest absolute Gasteiger partial charge is 0.357 e. The molecule has 1 saturated heterocycles. The average molecular weight is 365 g/mol. The van der Waals surface area contributed by atoms with Crippen molar-refractivity contribution in [3.05, 3.63) is 28.2 Å². The zero-order valence-electron chi connectivity index (χ0n) is 14.2. The topological polar surface area (TPSA) is 56.7 Å². The molecule has 1 aliphatic heterocycles. The third-order valence-electron chi connectivity index (χ3n) is 3.95. The summed E-state index contributed by atoms with van der Waals surface area (Å²) in [6.07, 6.45) is 0.899. The van der Waals surface area contributed by atoms with Gasteiger partial charge in [-0.05, 0) is 29.3 Å². The zero-order valence-corrected chi connectivity index (χ0v) is 15.9. The third-order valence-corrected chi connectivity index (χ3v) is 5.50. The molecule has 1 N–H and O–H groups in total. The Bertz CT molecular complexity index is 643. The van der Waals surface area contributed by atoms with Gasteiger partial charge in [0.15, 0.2) is 5.96 Å². The van der Waals surface area contributed by atoms with Gasteiger partial charge in [-0.25, -0.2) is 9.98 Å². The summed E-state index contributed by atoms with van der Waals surface area (Å²) < 4.78 is 4.39. The summed E-state index contributed by atoms with van der Waals surface area (Å²) in [7, 11) is 0. The fourth-order valence-electron chi connectivity index (χ4n) is 2.60. The van der Waals surface area contributed by atoms with Gasteiger partial charge >= 0.3 is 0 Å². The van der Waals surface area contributed by atoms with Gasteiger partial charge in [-0.2, -0.15) is 15.7 Å². The van der Waals surface area contributed by atoms with Crippen molar-refractivity contribution in [2.45, 2.75) is 26.8 Å². The highest BCUT2D eigenvalue weighted by atomic mass is 32.1. The standard InChI is InChI=1S/C16H24N6S2/c1-3-14-19-16(24-20-14)22-8-6-21(7-9-22)15(17-4-2)18-11-13-5-10-23-12-13/h5,10,12H,3-4,6-9,11H2,1-2H3,(H,17,18). The fraction of sp³-hybridized carbons (Fsp3) is 0.562. The van der Waals surface area contributed by atoms with Crippen LogP contribution in [0.15, 0.2) is 21.8 Å². The predicted octanol–water partition coefficient (Wildman–Crippen LogP) is 2.45. The Kier molecular flexibility index (Phi) is 6.03. The molecule has 2 aromatic rings. The first-order chi connectivity index (χ1) is 11.8. The van der Waals surface area contributed by atoms with Crippen LogP contribution in [0.25, 0.3) is 0 Å². The second-order valence-corrected chi connectivity index (χ2v) is 7.13. The van der Waals surface area contributed by atoms with Crippen molar-refractivity contribution in [3.8, 4) is 0 Å². The van der Waals surface area contributed by atoms with Crippen LogP contribution in [0.2, 0.25) is 0 Å². The number of rotatable bonds is 5. The first-order valence-corrected chi connectivity index (χ1v) is 10.1. The molecule has 0 saturated carbocycles. The Morgan fingerprint density at radius 2 is 2.12 bits per heavy atom. The normalized spacial score (nSPS) is 15.8. The summed E-state index contributed by atoms with van der Waals surface area (Å²) in [5.74, 6) is 1.96. The lowest BCUT2D eigenvalue weighted by Crippen LogP contribution is -2.52. The Balaban J connectivity index is 1.59. The van der Waals surface area contributed by atoms with Crippen molar-refractivity contribution in [1.29, 1.82) is 0 Å². The number of aryl methyl sites for hydroxylation is 1. The van der Waals surface area contributed by atoms with Gasteiger partial charge in [0, 0.05) is 50.7 Å². The van der Waals surface area contributed by atoms with Crippen LogP contribution in [0, 0.1) is 0 Å². The van der Waals surface area contributed by atoms with Crippen LogP contribution in [0.4, 0.5) is 5.13 Å². The molecule has 0 radical (unpaired) electrons. The molecule has 8 heteroatoms. The van der Waals surface area contributed by atoms with E-state index in [1.807, 2.05) is 0 Å². The summed E-state index contributed by atoms with van der Waals surface area (Å²) in [4.78, 5) is 14.1. The number of thiophene rings is 1. The number of aromatic nitrogens is 2. The Hall–Kier alpha value is -1.67. The maximum Gasteiger partial charge on any atom is 0.205 e. The number of piperazine rings is 1. The van der Waals surface area contributed by atoms with E-state index in [9.17, 15) is 0 Å². The molecular weight excluding hydrogens is 340 g/mol. The average Bonchev–Trinajstić information content (AvgIpc) is 3.30. The van der Waals surface area contributed by atoms with Gasteiger partial charge in [0.25, 0.3) is 0 Å². The Morgan fingerprint density at radius 1 is 1.29 bits per heavy atom. The molecule has 0 spiro atoms. The summed E-state index contributed by atoms with van der Waals surface area (Å²) >= 11 is 3.23. The lowest BCUT2D eigenvalue weighted by molar-refractivity contribution is 0.372. The van der Waals surface area contributed by atoms with Gasteiger partial charge in [-0.1, -0.05) is 6.92 Å². The predicted molar refractivity (Wildman–Crippen MR) is 102 cm³/mol. The van der Waals surface area contributed by atoms with E-state index in [0.29, 0.717) is 0 Å². The van der Waals surface area contributed by atoms with Crippen LogP contribution in [0.3, 0.4) is 0 Å². The van der Waals surface area contributed by atoms with Crippen LogP contribution in [-0.4, -0.2) is 52.9 Å². The van der Waals surface area contributed by atoms with E-state index in [0.717, 1.165) is 62.6 Å². The van der Waals surface area contributed by atoms with Crippen LogP contribution < -0.4 is 10.2 Å². The highest BCUT2D eigenvalue weighted by Gasteiger charge is 2.21. The van der Waals surface area contributed by atoms with Crippen molar-refractivity contribution in [2.24, 2.45) is 4.99 Å². The van der Waals surface area contributed by atoms with Crippen LogP contribution >= 0.6 is 22.9 Å². The molecule has 2 aromatic heterocycles. The molecule has 0 aliphatic carbocycles. The molecule has 1 aliphatic rings. The number of nitrogens with one attached hydrogen (secondary N) is 1. The minimum Gasteiger partial charge on any atom is -0.357 e. The molecule has 0 amide bonds. The second-order valence-electron chi connectivity index (χ2n) is 5.62. The number of guanidine groups is 1. The van der Waals surface area contributed by atoms with E-state index in [1.165, 1.54) is 17.1 Å². The smallest absolute Gasteiger partial charge is 0.205 e. The molecule has 0 unspecified atom stereocenters. The molecule has 1 fully saturated rings. The number of hydrogen-bond donors (Lipinski definition) is 1. The maximum atomic E-state index is 4.79. The lowest BCUT2D eigenvalue weighted by Gasteiger charge is -2.36. The van der Waals surface area contributed by atoms with Crippen molar-refractivity contribution in [1.82, 2.24) is 19.6 Å². The lowest BCUT2D eigenvalue weighted by atomic mass is 10.3. The van der Waals surface area contributed by atoms with Crippen molar-refractivity contribution in [2.75, 3.05) is 37.6 Å². The van der Waals surface area contributed by atoms with Crippen molar-refractivity contribution >= 4 is 34.0 Å². The number of anilines is 1. The fourth-order valence-corrected chi connectivity index (χ4v) is 4.06. The van der Waals surface area contributed by atoms with E-state index in [1.54, 1.807) is 11.3 Å². The molecule has 24 heavy (non-hydrogen) atoms. The van der Waals surface area contributed by atoms with Gasteiger partial charge < -0.3 is 15.1 Å². The van der Waals surface area contributed by atoms with Crippen molar-refractivity contribution in [3.63, 3.8) is 0 Å². The Morgan fingerprint density at radius 3 is 2.75 bits per heavy atom. The number of nitrogens with zero attached hydrogens (tertiary/aromatic N) is 5. The van der Waals surface area contributed by atoms with E-state index in [-0.39, 0.29) is 0 Å². The molecule has 130 valence electrons. The summed E-state index contributed by atoms with van der Waals surface area (Å²) in [6.45, 7) is 9.66. The quantitative estimate of drug-likeness (QED) is 0.652. The third kappa shape index (κ3) is 4.24. The van der Waals surface area contributed by atoms with Gasteiger partial charge in [0.1, 0.15) is 5.82 Å². The first-order valence-electron chi connectivity index (χ1n) is 8.42. The van der Waals surface area contributed by atoms with Crippen molar-refractivity contribution < 1.29 is 0 Å². The second kappa shape index (κ2) is 8.43. The summed E-state index contributed by atoms with van der Waals surface area (Å²) in [5.41, 5.74) is 1.27. The first kappa shape index (κ1) is 17.2. The van der Waals surface area contributed by atoms with Gasteiger partial charge in [-0.15, -0.1) is 0 Å². The van der Waals surface area contributed by atoms with E-state index in [4.69, 9.17) is 4.99 Å². The molecule has 3 rings (SSSR count). The molecule has 0 aromatic carbocycles. The van der Waals surface area contributed by atoms with Crippen LogP contribution in [0.1, 0.15) is 25.2 Å². The molecule has 3 heterocycles. The molecule has 0 bridgehead atoms. The minimum absolute atomic E-state index is 0.738. The van der Waals surface area contributed by atoms with E-state index >= 15 is 0 Å². The highest BCUT2D eigenvalue weighted by Crippen LogP contribution is 2.19. The van der Waals surface area contributed by atoms with E-state index in [2.05, 4.69) is 55.1 Å². The summed E-state index contributed by atoms with van der Waals surface area (Å²) in [5, 5.41) is 8.72. The van der Waals surface area contributed by atoms with Gasteiger partial charge in [0.05, 0.1) is 6.54 Å². The van der Waals surface area contributed by atoms with Crippen LogP contribution in [0.5, 0.6) is 0 Å². The Labute approximate surface area is 151 Å². The highest BCUT2D eigenvalue weighted by molar-refractivity contribution is 7.09. The number of aliphatic imine (C=N–C) groups is 1. The molecule has 0 atom stereocenters. The summed E-state index contributed by atoms with van der Waals surface area (Å²) in [6, 6.07) is 2.14. The van der Waals surface area contributed by atoms with Gasteiger partial charge in [-0.3, -0.25) is 0 Å². The monoisotopic (exact) mass is 364 g/mol.